The molecule has 0 saturated carbocycles. The van der Waals surface area contributed by atoms with Crippen molar-refractivity contribution >= 4 is 34.3 Å². The molecule has 6 rings (SSSR count). The van der Waals surface area contributed by atoms with Gasteiger partial charge in [0.25, 0.3) is 0 Å². The summed E-state index contributed by atoms with van der Waals surface area (Å²) in [6.45, 7) is 12.8. The van der Waals surface area contributed by atoms with Crippen LogP contribution in [0.4, 0.5) is 5.69 Å². The zero-order valence-electron chi connectivity index (χ0n) is 25.2. The molecule has 3 heterocycles. The lowest BCUT2D eigenvalue weighted by atomic mass is 9.83. The fraction of sp³-hybridized carbons (Fsp3) is 0.286. The Balaban J connectivity index is 1.79. The molecular formula is C35H35N2O5+. The lowest BCUT2D eigenvalue weighted by Crippen LogP contribution is -2.47. The Bertz CT molecular complexity index is 1960. The Morgan fingerprint density at radius 3 is 2.17 bits per heavy atom. The minimum absolute atomic E-state index is 0.0168. The van der Waals surface area contributed by atoms with Gasteiger partial charge in [0, 0.05) is 60.1 Å². The Morgan fingerprint density at radius 1 is 0.810 bits per heavy atom. The number of hydrogen-bond acceptors (Lipinski definition) is 4. The molecule has 0 unspecified atom stereocenters. The monoisotopic (exact) mass is 563 g/mol. The summed E-state index contributed by atoms with van der Waals surface area (Å²) in [5, 5.41) is 21.8. The number of hydrogen-bond donors (Lipinski definition) is 2. The third kappa shape index (κ3) is 3.98. The van der Waals surface area contributed by atoms with Gasteiger partial charge >= 0.3 is 11.9 Å². The molecule has 7 heteroatoms. The van der Waals surface area contributed by atoms with Gasteiger partial charge in [0.1, 0.15) is 18.5 Å². The van der Waals surface area contributed by atoms with Crippen molar-refractivity contribution < 1.29 is 24.5 Å². The van der Waals surface area contributed by atoms with Crippen LogP contribution in [0.1, 0.15) is 84.5 Å². The predicted molar refractivity (Wildman–Crippen MR) is 165 cm³/mol. The molecule has 0 atom stereocenters. The van der Waals surface area contributed by atoms with Crippen LogP contribution in [0.2, 0.25) is 0 Å². The van der Waals surface area contributed by atoms with Crippen molar-refractivity contribution in [2.45, 2.75) is 52.6 Å². The average Bonchev–Trinajstić information content (AvgIpc) is 2.91. The molecule has 3 aliphatic rings. The summed E-state index contributed by atoms with van der Waals surface area (Å²) in [5.41, 5.74) is 6.56. The number of anilines is 1. The van der Waals surface area contributed by atoms with Crippen molar-refractivity contribution in [1.29, 1.82) is 0 Å². The molecule has 3 aromatic carbocycles. The number of aromatic carboxylic acids is 2. The molecule has 214 valence electrons. The van der Waals surface area contributed by atoms with Gasteiger partial charge in [-0.15, -0.1) is 0 Å². The number of carbonyl (C=O) groups is 2. The van der Waals surface area contributed by atoms with Crippen molar-refractivity contribution in [3.8, 4) is 11.5 Å². The van der Waals surface area contributed by atoms with Crippen LogP contribution < -0.4 is 24.8 Å². The van der Waals surface area contributed by atoms with Gasteiger partial charge in [-0.1, -0.05) is 6.08 Å². The topological polar surface area (TPSA) is 90.1 Å². The normalized spacial score (nSPS) is 17.7. The van der Waals surface area contributed by atoms with Gasteiger partial charge in [-0.25, -0.2) is 14.2 Å². The third-order valence-electron chi connectivity index (χ3n) is 9.16. The fourth-order valence-corrected chi connectivity index (χ4v) is 6.54. The molecule has 42 heavy (non-hydrogen) atoms. The van der Waals surface area contributed by atoms with Crippen LogP contribution in [0.25, 0.3) is 16.7 Å². The minimum Gasteiger partial charge on any atom is -0.478 e. The first kappa shape index (κ1) is 27.5. The Labute approximate surface area is 245 Å². The lowest BCUT2D eigenvalue weighted by Gasteiger charge is -2.41. The first-order valence-corrected chi connectivity index (χ1v) is 14.0. The van der Waals surface area contributed by atoms with E-state index in [9.17, 15) is 19.8 Å². The molecule has 3 aliphatic heterocycles. The van der Waals surface area contributed by atoms with Gasteiger partial charge in [0.15, 0.2) is 5.54 Å². The summed E-state index contributed by atoms with van der Waals surface area (Å²) in [7, 11) is 4.11. The van der Waals surface area contributed by atoms with Crippen LogP contribution in [0.3, 0.4) is 0 Å². The molecule has 0 amide bonds. The van der Waals surface area contributed by atoms with Crippen molar-refractivity contribution in [2.24, 2.45) is 0 Å². The first-order chi connectivity index (χ1) is 19.6. The van der Waals surface area contributed by atoms with E-state index in [1.165, 1.54) is 18.2 Å². The van der Waals surface area contributed by atoms with E-state index in [1.807, 2.05) is 12.1 Å². The van der Waals surface area contributed by atoms with Crippen LogP contribution in [-0.2, 0) is 0 Å². The third-order valence-corrected chi connectivity index (χ3v) is 9.16. The zero-order chi connectivity index (χ0) is 30.5. The molecule has 0 aromatic heterocycles. The molecular weight excluding hydrogens is 528 g/mol. The molecule has 3 aromatic rings. The average molecular weight is 564 g/mol. The second-order valence-corrected chi connectivity index (χ2v) is 12.7. The van der Waals surface area contributed by atoms with Gasteiger partial charge in [0.2, 0.25) is 5.36 Å². The molecule has 0 radical (unpaired) electrons. The summed E-state index contributed by atoms with van der Waals surface area (Å²) in [4.78, 5) is 26.8. The number of allylic oxidation sites excluding steroid dienone is 2. The summed E-state index contributed by atoms with van der Waals surface area (Å²) < 4.78 is 8.87. The van der Waals surface area contributed by atoms with E-state index in [1.54, 1.807) is 0 Å². The number of likely N-dealkylation sites (N-methyl/N-ethyl adjacent to an activating group) is 2. The number of carboxylic acid groups (broad SMARTS) is 2. The highest BCUT2D eigenvalue weighted by Crippen LogP contribution is 2.46. The number of rotatable bonds is 3. The Morgan fingerprint density at radius 2 is 1.50 bits per heavy atom. The van der Waals surface area contributed by atoms with Crippen LogP contribution >= 0.6 is 0 Å². The molecule has 7 nitrogen and oxygen atoms in total. The van der Waals surface area contributed by atoms with E-state index >= 15 is 0 Å². The van der Waals surface area contributed by atoms with Gasteiger partial charge in [0.05, 0.1) is 22.7 Å². The molecule has 0 spiro atoms. The fourth-order valence-electron chi connectivity index (χ4n) is 6.54. The maximum atomic E-state index is 12.5. The Kier molecular flexibility index (Phi) is 5.85. The van der Waals surface area contributed by atoms with Crippen LogP contribution in [0, 0.1) is 0 Å². The number of carboxylic acids is 2. The lowest BCUT2D eigenvalue weighted by molar-refractivity contribution is 0.0681. The predicted octanol–water partition coefficient (Wildman–Crippen LogP) is 5.38. The Hall–Kier alpha value is -4.65. The summed E-state index contributed by atoms with van der Waals surface area (Å²) in [5.74, 6) is -1.07. The van der Waals surface area contributed by atoms with E-state index in [4.69, 9.17) is 4.74 Å². The van der Waals surface area contributed by atoms with Crippen LogP contribution in [0.5, 0.6) is 11.5 Å². The molecule has 0 bridgehead atoms. The van der Waals surface area contributed by atoms with E-state index in [0.717, 1.165) is 44.1 Å². The smallest absolute Gasteiger partial charge is 0.336 e. The van der Waals surface area contributed by atoms with Crippen molar-refractivity contribution in [2.75, 3.05) is 19.0 Å². The van der Waals surface area contributed by atoms with E-state index in [-0.39, 0.29) is 22.2 Å². The minimum atomic E-state index is -1.13. The van der Waals surface area contributed by atoms with Crippen molar-refractivity contribution in [3.63, 3.8) is 0 Å². The highest BCUT2D eigenvalue weighted by Gasteiger charge is 2.35. The summed E-state index contributed by atoms with van der Waals surface area (Å²) in [6.07, 6.45) is 4.43. The number of ether oxygens (including phenoxy) is 1. The molecule has 0 saturated heterocycles. The number of fused-ring (bicyclic) bond motifs is 4. The van der Waals surface area contributed by atoms with Crippen LogP contribution in [0.15, 0.2) is 54.6 Å². The molecule has 0 fully saturated rings. The highest BCUT2D eigenvalue weighted by molar-refractivity contribution is 6.01. The second kappa shape index (κ2) is 8.92. The first-order valence-electron chi connectivity index (χ1n) is 14.0. The van der Waals surface area contributed by atoms with Gasteiger partial charge < -0.3 is 19.8 Å². The highest BCUT2D eigenvalue weighted by atomic mass is 16.5. The van der Waals surface area contributed by atoms with E-state index in [2.05, 4.69) is 89.4 Å². The van der Waals surface area contributed by atoms with Gasteiger partial charge in [-0.2, -0.15) is 0 Å². The van der Waals surface area contributed by atoms with E-state index in [0.29, 0.717) is 22.6 Å². The summed E-state index contributed by atoms with van der Waals surface area (Å²) in [6, 6.07) is 12.3. The maximum Gasteiger partial charge on any atom is 0.336 e. The standard InChI is InChI=1S/C35H34N2O5/c1-18-16-34(3,4)36(7)27-14-29-25(12-22(18)27)31(24-11-20(32(38)39)9-10-21(24)33(40)41)26-13-23-19(2)17-35(5,6)37(8)28(23)15-30(26)42-29/h9-17H,1-8H3,(H-,38,39,40,41)/p+1. The zero-order valence-corrected chi connectivity index (χ0v) is 25.2. The largest absolute Gasteiger partial charge is 0.478 e. The van der Waals surface area contributed by atoms with Crippen molar-refractivity contribution in [1.82, 2.24) is 4.58 Å². The van der Waals surface area contributed by atoms with Crippen LogP contribution in [-0.4, -0.2) is 47.3 Å². The van der Waals surface area contributed by atoms with Crippen molar-refractivity contribution in [3.05, 3.63) is 98.6 Å². The SMILES string of the molecule is CC1=CC(C)(C)N(C)c2cc3c(cc21)C(c1cc(C(=O)O)ccc1C(=O)O)=c1cc2c(cc1O3)=[N+](C)C(C)(C)C=C2C. The maximum absolute atomic E-state index is 12.5. The number of nitrogens with zero attached hydrogens (tertiary/aromatic N) is 2. The summed E-state index contributed by atoms with van der Waals surface area (Å²) >= 11 is 0. The van der Waals surface area contributed by atoms with E-state index < -0.39 is 11.9 Å². The number of benzene rings is 3. The second-order valence-electron chi connectivity index (χ2n) is 12.7. The quantitative estimate of drug-likeness (QED) is 0.325. The van der Waals surface area contributed by atoms with Gasteiger partial charge in [-0.05, 0) is 80.8 Å². The molecule has 2 N–H and O–H groups in total. The van der Waals surface area contributed by atoms with Gasteiger partial charge in [-0.3, -0.25) is 0 Å². The molecule has 0 aliphatic carbocycles.